The van der Waals surface area contributed by atoms with E-state index in [1.54, 1.807) is 18.4 Å². The zero-order valence-corrected chi connectivity index (χ0v) is 7.55. The lowest BCUT2D eigenvalue weighted by atomic mass is 10.4. The summed E-state index contributed by atoms with van der Waals surface area (Å²) in [7, 11) is 0.284. The molecule has 0 spiro atoms. The van der Waals surface area contributed by atoms with Gasteiger partial charge in [-0.25, -0.2) is 8.60 Å². The zero-order chi connectivity index (χ0) is 8.27. The minimum absolute atomic E-state index is 0.267. The summed E-state index contributed by atoms with van der Waals surface area (Å²) in [5, 5.41) is 0. The van der Waals surface area contributed by atoms with E-state index >= 15 is 0 Å². The van der Waals surface area contributed by atoms with Crippen LogP contribution in [0.3, 0.4) is 0 Å². The summed E-state index contributed by atoms with van der Waals surface area (Å²) >= 11 is 0. The Labute approximate surface area is 70.9 Å². The molecule has 1 aromatic carbocycles. The van der Waals surface area contributed by atoms with Crippen LogP contribution in [0.5, 0.6) is 0 Å². The quantitative estimate of drug-likeness (QED) is 0.665. The van der Waals surface area contributed by atoms with Gasteiger partial charge in [-0.05, 0) is 35.1 Å². The highest BCUT2D eigenvalue weighted by atomic mass is 33.1. The molecule has 1 rings (SSSR count). The molecular weight excluding hydrogens is 183 g/mol. The van der Waals surface area contributed by atoms with E-state index in [0.29, 0.717) is 0 Å². The van der Waals surface area contributed by atoms with Crippen molar-refractivity contribution in [1.82, 2.24) is 0 Å². The lowest BCUT2D eigenvalue weighted by Gasteiger charge is -1.95. The second-order valence-corrected chi connectivity index (χ2v) is 5.29. The molecule has 0 aliphatic heterocycles. The summed E-state index contributed by atoms with van der Waals surface area (Å²) in [5.41, 5.74) is 0. The fraction of sp³-hybridized carbons (Fsp3) is 0.143. The second-order valence-electron chi connectivity index (χ2n) is 1.94. The van der Waals surface area contributed by atoms with E-state index in [2.05, 4.69) is 0 Å². The largest absolute Gasteiger partial charge is 0.248 e. The molecule has 1 atom stereocenters. The van der Waals surface area contributed by atoms with E-state index in [1.807, 2.05) is 0 Å². The van der Waals surface area contributed by atoms with Gasteiger partial charge in [0.25, 0.3) is 0 Å². The lowest BCUT2D eigenvalue weighted by Crippen LogP contribution is -1.77. The molecule has 0 bridgehead atoms. The van der Waals surface area contributed by atoms with E-state index in [0.717, 1.165) is 4.90 Å². The maximum absolute atomic E-state index is 12.3. The van der Waals surface area contributed by atoms with Gasteiger partial charge in [0.1, 0.15) is 5.82 Å². The van der Waals surface area contributed by atoms with Crippen molar-refractivity contribution >= 4 is 20.6 Å². The van der Waals surface area contributed by atoms with Gasteiger partial charge in [-0.2, -0.15) is 0 Å². The van der Waals surface area contributed by atoms with Crippen molar-refractivity contribution in [1.29, 1.82) is 0 Å². The fourth-order valence-corrected chi connectivity index (χ4v) is 2.29. The Bertz CT molecular complexity index is 258. The van der Waals surface area contributed by atoms with E-state index < -0.39 is 9.83 Å². The van der Waals surface area contributed by atoms with Crippen LogP contribution < -0.4 is 0 Å². The van der Waals surface area contributed by atoms with Gasteiger partial charge in [0, 0.05) is 11.2 Å². The third-order valence-electron chi connectivity index (χ3n) is 1.03. The van der Waals surface area contributed by atoms with Crippen molar-refractivity contribution < 1.29 is 8.60 Å². The van der Waals surface area contributed by atoms with Crippen molar-refractivity contribution in [3.8, 4) is 0 Å². The Morgan fingerprint density at radius 1 is 1.36 bits per heavy atom. The first-order chi connectivity index (χ1) is 5.18. The number of benzene rings is 1. The van der Waals surface area contributed by atoms with Crippen molar-refractivity contribution in [2.75, 3.05) is 6.26 Å². The van der Waals surface area contributed by atoms with Crippen LogP contribution in [0.1, 0.15) is 0 Å². The average Bonchev–Trinajstić information content (AvgIpc) is 1.93. The van der Waals surface area contributed by atoms with E-state index in [9.17, 15) is 8.60 Å². The minimum Gasteiger partial charge on any atom is -0.248 e. The highest BCUT2D eigenvalue weighted by Gasteiger charge is 1.96. The summed E-state index contributed by atoms with van der Waals surface area (Å²) in [6.07, 6.45) is 1.59. The molecule has 0 aromatic heterocycles. The Morgan fingerprint density at radius 2 is 1.91 bits per heavy atom. The van der Waals surface area contributed by atoms with Gasteiger partial charge in [-0.3, -0.25) is 0 Å². The summed E-state index contributed by atoms with van der Waals surface area (Å²) in [6, 6.07) is 5.94. The summed E-state index contributed by atoms with van der Waals surface area (Å²) in [4.78, 5) is 0.826. The van der Waals surface area contributed by atoms with Gasteiger partial charge in [-0.15, -0.1) is 0 Å². The summed E-state index contributed by atoms with van der Waals surface area (Å²) in [6.45, 7) is 0. The number of hydrogen-bond acceptors (Lipinski definition) is 2. The van der Waals surface area contributed by atoms with Crippen molar-refractivity contribution in [3.63, 3.8) is 0 Å². The topological polar surface area (TPSA) is 17.1 Å². The first kappa shape index (κ1) is 8.74. The number of rotatable bonds is 2. The normalized spacial score (nSPS) is 12.9. The first-order valence-corrected chi connectivity index (χ1v) is 5.85. The molecule has 0 aliphatic carbocycles. The van der Waals surface area contributed by atoms with Gasteiger partial charge >= 0.3 is 0 Å². The highest BCUT2D eigenvalue weighted by molar-refractivity contribution is 8.68. The van der Waals surface area contributed by atoms with Gasteiger partial charge in [0.2, 0.25) is 0 Å². The average molecular weight is 190 g/mol. The predicted molar refractivity (Wildman–Crippen MR) is 46.3 cm³/mol. The second kappa shape index (κ2) is 3.88. The Morgan fingerprint density at radius 3 is 2.36 bits per heavy atom. The molecule has 60 valence electrons. The smallest absolute Gasteiger partial charge is 0.123 e. The van der Waals surface area contributed by atoms with E-state index in [-0.39, 0.29) is 5.82 Å². The van der Waals surface area contributed by atoms with Crippen molar-refractivity contribution in [2.45, 2.75) is 4.90 Å². The Balaban J connectivity index is 2.74. The molecule has 0 saturated carbocycles. The standard InChI is InChI=1S/C7H7FOS2/c1-11(9)10-7-4-2-6(8)3-5-7/h2-5H,1H3. The SMILES string of the molecule is CS(=O)Sc1ccc(F)cc1. The van der Waals surface area contributed by atoms with E-state index in [1.165, 1.54) is 22.9 Å². The molecule has 1 nitrogen and oxygen atoms in total. The van der Waals surface area contributed by atoms with Crippen LogP contribution >= 0.6 is 10.8 Å². The van der Waals surface area contributed by atoms with Gasteiger partial charge in [0.05, 0.1) is 9.83 Å². The van der Waals surface area contributed by atoms with Crippen LogP contribution in [0.25, 0.3) is 0 Å². The molecule has 1 aromatic rings. The fourth-order valence-electron chi connectivity index (χ4n) is 0.626. The molecule has 1 unspecified atom stereocenters. The zero-order valence-electron chi connectivity index (χ0n) is 5.91. The van der Waals surface area contributed by atoms with Crippen LogP contribution in [0.2, 0.25) is 0 Å². The molecule has 0 N–H and O–H groups in total. The van der Waals surface area contributed by atoms with E-state index in [4.69, 9.17) is 0 Å². The lowest BCUT2D eigenvalue weighted by molar-refractivity contribution is 0.626. The van der Waals surface area contributed by atoms with Gasteiger partial charge < -0.3 is 0 Å². The minimum atomic E-state index is -0.929. The Hall–Kier alpha value is -0.350. The summed E-state index contributed by atoms with van der Waals surface area (Å²) in [5.74, 6) is -0.267. The van der Waals surface area contributed by atoms with Crippen LogP contribution in [0.15, 0.2) is 29.2 Å². The Kier molecular flexibility index (Phi) is 3.08. The molecule has 0 radical (unpaired) electrons. The van der Waals surface area contributed by atoms with Crippen LogP contribution in [-0.4, -0.2) is 10.5 Å². The monoisotopic (exact) mass is 190 g/mol. The third-order valence-corrected chi connectivity index (χ3v) is 3.01. The molecule has 0 fully saturated rings. The van der Waals surface area contributed by atoms with Crippen LogP contribution in [0.4, 0.5) is 4.39 Å². The molecule has 0 heterocycles. The number of hydrogen-bond donors (Lipinski definition) is 0. The molecule has 0 amide bonds. The van der Waals surface area contributed by atoms with Gasteiger partial charge in [-0.1, -0.05) is 0 Å². The molecule has 4 heteroatoms. The molecular formula is C7H7FOS2. The molecule has 0 aliphatic rings. The third kappa shape index (κ3) is 3.03. The molecule has 11 heavy (non-hydrogen) atoms. The number of halogens is 1. The van der Waals surface area contributed by atoms with Crippen LogP contribution in [-0.2, 0) is 9.83 Å². The van der Waals surface area contributed by atoms with Crippen molar-refractivity contribution in [2.24, 2.45) is 0 Å². The molecule has 0 saturated heterocycles. The maximum atomic E-state index is 12.3. The predicted octanol–water partition coefficient (Wildman–Crippen LogP) is 2.21. The first-order valence-electron chi connectivity index (χ1n) is 2.96. The highest BCUT2D eigenvalue weighted by Crippen LogP contribution is 2.20. The van der Waals surface area contributed by atoms with Crippen LogP contribution in [0, 0.1) is 5.82 Å². The van der Waals surface area contributed by atoms with Gasteiger partial charge in [0.15, 0.2) is 0 Å². The van der Waals surface area contributed by atoms with Crippen molar-refractivity contribution in [3.05, 3.63) is 30.1 Å². The maximum Gasteiger partial charge on any atom is 0.123 e. The summed E-state index contributed by atoms with van der Waals surface area (Å²) < 4.78 is 23.0.